The first kappa shape index (κ1) is 14.9. The second-order valence-corrected chi connectivity index (χ2v) is 6.08. The van der Waals surface area contributed by atoms with Gasteiger partial charge in [-0.15, -0.1) is 0 Å². The van der Waals surface area contributed by atoms with Crippen LogP contribution in [0.25, 0.3) is 10.9 Å². The highest BCUT2D eigenvalue weighted by atomic mass is 16.4. The summed E-state index contributed by atoms with van der Waals surface area (Å²) in [6.07, 6.45) is 4.20. The van der Waals surface area contributed by atoms with Crippen molar-refractivity contribution in [3.63, 3.8) is 0 Å². The number of aromatic nitrogens is 1. The Morgan fingerprint density at radius 1 is 1.12 bits per heavy atom. The molecule has 1 N–H and O–H groups in total. The van der Waals surface area contributed by atoms with Gasteiger partial charge in [-0.2, -0.15) is 0 Å². The van der Waals surface area contributed by atoms with E-state index >= 15 is 0 Å². The lowest BCUT2D eigenvalue weighted by molar-refractivity contribution is 0.0993. The van der Waals surface area contributed by atoms with Crippen LogP contribution in [0.3, 0.4) is 0 Å². The van der Waals surface area contributed by atoms with E-state index in [1.165, 1.54) is 12.8 Å². The molecule has 24 heavy (non-hydrogen) atoms. The Hall–Kier alpha value is -2.66. The summed E-state index contributed by atoms with van der Waals surface area (Å²) in [5.74, 6) is 0.913. The third-order valence-electron chi connectivity index (χ3n) is 4.34. The number of para-hydroxylation sites is 1. The number of rotatable bonds is 4. The SMILES string of the molecule is O=C(Nc1cccc2cccnc12)c1ccc(CN2CCCC2)o1. The monoisotopic (exact) mass is 321 g/mol. The molecule has 1 aliphatic heterocycles. The molecule has 122 valence electrons. The molecule has 0 spiro atoms. The molecule has 0 unspecified atom stereocenters. The van der Waals surface area contributed by atoms with Crippen LogP contribution in [0.15, 0.2) is 53.1 Å². The van der Waals surface area contributed by atoms with E-state index in [9.17, 15) is 4.79 Å². The Kier molecular flexibility index (Phi) is 4.01. The minimum Gasteiger partial charge on any atom is -0.455 e. The van der Waals surface area contributed by atoms with Gasteiger partial charge in [0.2, 0.25) is 0 Å². The molecule has 5 heteroatoms. The predicted octanol–water partition coefficient (Wildman–Crippen LogP) is 3.68. The van der Waals surface area contributed by atoms with E-state index < -0.39 is 0 Å². The summed E-state index contributed by atoms with van der Waals surface area (Å²) in [7, 11) is 0. The van der Waals surface area contributed by atoms with Crippen LogP contribution >= 0.6 is 0 Å². The van der Waals surface area contributed by atoms with Gasteiger partial charge in [-0.05, 0) is 50.2 Å². The van der Waals surface area contributed by atoms with E-state index in [0.29, 0.717) is 11.4 Å². The molecule has 1 aromatic carbocycles. The van der Waals surface area contributed by atoms with E-state index in [1.807, 2.05) is 36.4 Å². The zero-order valence-corrected chi connectivity index (χ0v) is 13.4. The van der Waals surface area contributed by atoms with Crippen LogP contribution < -0.4 is 5.32 Å². The zero-order chi connectivity index (χ0) is 16.4. The molecular formula is C19H19N3O2. The molecule has 0 aliphatic carbocycles. The number of nitrogens with one attached hydrogen (secondary N) is 1. The van der Waals surface area contributed by atoms with Crippen molar-refractivity contribution >= 4 is 22.5 Å². The van der Waals surface area contributed by atoms with Crippen LogP contribution in [0.2, 0.25) is 0 Å². The Bertz CT molecular complexity index is 860. The molecule has 0 radical (unpaired) electrons. The van der Waals surface area contributed by atoms with E-state index in [0.717, 1.165) is 36.3 Å². The fourth-order valence-corrected chi connectivity index (χ4v) is 3.14. The molecular weight excluding hydrogens is 302 g/mol. The number of benzene rings is 1. The molecule has 3 aromatic rings. The highest BCUT2D eigenvalue weighted by Crippen LogP contribution is 2.22. The van der Waals surface area contributed by atoms with Gasteiger partial charge in [0.1, 0.15) is 5.76 Å². The fraction of sp³-hybridized carbons (Fsp3) is 0.263. The molecule has 0 bridgehead atoms. The van der Waals surface area contributed by atoms with Crippen molar-refractivity contribution in [2.45, 2.75) is 19.4 Å². The average molecular weight is 321 g/mol. The highest BCUT2D eigenvalue weighted by molar-refractivity contribution is 6.06. The molecule has 1 saturated heterocycles. The lowest BCUT2D eigenvalue weighted by Crippen LogP contribution is -2.18. The Morgan fingerprint density at radius 2 is 1.96 bits per heavy atom. The lowest BCUT2D eigenvalue weighted by Gasteiger charge is -2.11. The third kappa shape index (κ3) is 3.03. The number of hydrogen-bond donors (Lipinski definition) is 1. The number of fused-ring (bicyclic) bond motifs is 1. The minimum absolute atomic E-state index is 0.249. The zero-order valence-electron chi connectivity index (χ0n) is 13.4. The summed E-state index contributed by atoms with van der Waals surface area (Å²) in [5, 5.41) is 3.89. The van der Waals surface area contributed by atoms with Crippen LogP contribution in [-0.2, 0) is 6.54 Å². The van der Waals surface area contributed by atoms with Crippen molar-refractivity contribution in [2.24, 2.45) is 0 Å². The van der Waals surface area contributed by atoms with Crippen molar-refractivity contribution in [3.05, 3.63) is 60.2 Å². The Labute approximate surface area is 140 Å². The molecule has 0 atom stereocenters. The molecule has 5 nitrogen and oxygen atoms in total. The van der Waals surface area contributed by atoms with E-state index in [2.05, 4.69) is 15.2 Å². The van der Waals surface area contributed by atoms with Gasteiger partial charge in [0.05, 0.1) is 17.7 Å². The van der Waals surface area contributed by atoms with E-state index in [1.54, 1.807) is 12.3 Å². The number of furan rings is 1. The first-order chi connectivity index (χ1) is 11.8. The summed E-state index contributed by atoms with van der Waals surface area (Å²) in [6.45, 7) is 2.97. The molecule has 2 aromatic heterocycles. The topological polar surface area (TPSA) is 58.4 Å². The summed E-state index contributed by atoms with van der Waals surface area (Å²) >= 11 is 0. The van der Waals surface area contributed by atoms with Crippen LogP contribution in [0.5, 0.6) is 0 Å². The van der Waals surface area contributed by atoms with E-state index in [4.69, 9.17) is 4.42 Å². The van der Waals surface area contributed by atoms with Gasteiger partial charge in [-0.1, -0.05) is 18.2 Å². The van der Waals surface area contributed by atoms with Crippen LogP contribution in [0.1, 0.15) is 29.2 Å². The number of likely N-dealkylation sites (tertiary alicyclic amines) is 1. The Morgan fingerprint density at radius 3 is 2.83 bits per heavy atom. The first-order valence-electron chi connectivity index (χ1n) is 8.26. The van der Waals surface area contributed by atoms with Gasteiger partial charge >= 0.3 is 0 Å². The standard InChI is InChI=1S/C19H19N3O2/c23-19(17-9-8-15(24-17)13-22-11-1-2-12-22)21-16-7-3-5-14-6-4-10-20-18(14)16/h3-10H,1-2,11-13H2,(H,21,23). The van der Waals surface area contributed by atoms with Crippen LogP contribution in [0.4, 0.5) is 5.69 Å². The summed E-state index contributed by atoms with van der Waals surface area (Å²) in [6, 6.07) is 13.2. The van der Waals surface area contributed by atoms with Crippen LogP contribution in [0, 0.1) is 0 Å². The maximum absolute atomic E-state index is 12.5. The van der Waals surface area contributed by atoms with Gasteiger partial charge in [0.15, 0.2) is 5.76 Å². The highest BCUT2D eigenvalue weighted by Gasteiger charge is 2.16. The van der Waals surface area contributed by atoms with Gasteiger partial charge in [-0.25, -0.2) is 0 Å². The molecule has 0 saturated carbocycles. The lowest BCUT2D eigenvalue weighted by atomic mass is 10.2. The second-order valence-electron chi connectivity index (χ2n) is 6.08. The smallest absolute Gasteiger partial charge is 0.291 e. The number of carbonyl (C=O) groups is 1. The number of pyridine rings is 1. The summed E-state index contributed by atoms with van der Waals surface area (Å²) in [4.78, 5) is 19.2. The maximum atomic E-state index is 12.5. The van der Waals surface area contributed by atoms with Crippen molar-refractivity contribution < 1.29 is 9.21 Å². The van der Waals surface area contributed by atoms with Crippen molar-refractivity contribution in [3.8, 4) is 0 Å². The number of anilines is 1. The number of hydrogen-bond acceptors (Lipinski definition) is 4. The third-order valence-corrected chi connectivity index (χ3v) is 4.34. The van der Waals surface area contributed by atoms with Gasteiger partial charge in [-0.3, -0.25) is 14.7 Å². The van der Waals surface area contributed by atoms with Crippen molar-refractivity contribution in [2.75, 3.05) is 18.4 Å². The number of carbonyl (C=O) groups excluding carboxylic acids is 1. The Balaban J connectivity index is 1.50. The summed E-state index contributed by atoms with van der Waals surface area (Å²) in [5.41, 5.74) is 1.47. The average Bonchev–Trinajstić information content (AvgIpc) is 3.28. The number of amides is 1. The normalized spacial score (nSPS) is 15.0. The first-order valence-corrected chi connectivity index (χ1v) is 8.26. The molecule has 4 rings (SSSR count). The predicted molar refractivity (Wildman–Crippen MR) is 92.9 cm³/mol. The largest absolute Gasteiger partial charge is 0.455 e. The van der Waals surface area contributed by atoms with Crippen molar-refractivity contribution in [1.29, 1.82) is 0 Å². The maximum Gasteiger partial charge on any atom is 0.291 e. The quantitative estimate of drug-likeness (QED) is 0.796. The molecule has 1 fully saturated rings. The molecule has 1 aliphatic rings. The fourth-order valence-electron chi connectivity index (χ4n) is 3.14. The van der Waals surface area contributed by atoms with Crippen LogP contribution in [-0.4, -0.2) is 28.9 Å². The van der Waals surface area contributed by atoms with Gasteiger partial charge < -0.3 is 9.73 Å². The summed E-state index contributed by atoms with van der Waals surface area (Å²) < 4.78 is 5.72. The second kappa shape index (κ2) is 6.45. The van der Waals surface area contributed by atoms with E-state index in [-0.39, 0.29) is 5.91 Å². The minimum atomic E-state index is -0.249. The molecule has 1 amide bonds. The molecule has 3 heterocycles. The van der Waals surface area contributed by atoms with Gasteiger partial charge in [0, 0.05) is 11.6 Å². The number of nitrogens with zero attached hydrogens (tertiary/aromatic N) is 2. The van der Waals surface area contributed by atoms with Gasteiger partial charge in [0.25, 0.3) is 5.91 Å². The van der Waals surface area contributed by atoms with Crippen molar-refractivity contribution in [1.82, 2.24) is 9.88 Å².